The van der Waals surface area contributed by atoms with Crippen molar-refractivity contribution in [3.8, 4) is 0 Å². The van der Waals surface area contributed by atoms with Crippen LogP contribution in [-0.4, -0.2) is 26.7 Å². The number of carbonyl (C=O) groups excluding carboxylic acids is 1. The zero-order valence-electron chi connectivity index (χ0n) is 12.6. The van der Waals surface area contributed by atoms with E-state index in [0.29, 0.717) is 18.4 Å². The van der Waals surface area contributed by atoms with Gasteiger partial charge in [0.2, 0.25) is 0 Å². The first kappa shape index (κ1) is 15.8. The van der Waals surface area contributed by atoms with E-state index in [0.717, 1.165) is 15.2 Å². The summed E-state index contributed by atoms with van der Waals surface area (Å²) in [4.78, 5) is 16.8. The predicted molar refractivity (Wildman–Crippen MR) is 90.8 cm³/mol. The number of amides is 1. The van der Waals surface area contributed by atoms with Crippen LogP contribution >= 0.6 is 15.9 Å². The number of rotatable bonds is 3. The van der Waals surface area contributed by atoms with Gasteiger partial charge in [-0.1, -0.05) is 41.1 Å². The number of halogens is 1. The van der Waals surface area contributed by atoms with Crippen molar-refractivity contribution in [1.82, 2.24) is 9.99 Å². The molecule has 23 heavy (non-hydrogen) atoms. The molecule has 2 heterocycles. The molecule has 1 aliphatic heterocycles. The number of aromatic nitrogens is 1. The monoisotopic (exact) mass is 373 g/mol. The summed E-state index contributed by atoms with van der Waals surface area (Å²) in [5.41, 5.74) is 0.168. The zero-order chi connectivity index (χ0) is 16.4. The second-order valence-electron chi connectivity index (χ2n) is 5.35. The fourth-order valence-corrected chi connectivity index (χ4v) is 2.83. The second kappa shape index (κ2) is 6.22. The molecule has 0 saturated carbocycles. The van der Waals surface area contributed by atoms with Crippen LogP contribution in [-0.2, 0) is 5.72 Å². The zero-order valence-corrected chi connectivity index (χ0v) is 14.2. The van der Waals surface area contributed by atoms with Gasteiger partial charge in [-0.05, 0) is 30.7 Å². The van der Waals surface area contributed by atoms with E-state index < -0.39 is 11.6 Å². The molecule has 6 heteroatoms. The molecule has 1 aromatic carbocycles. The number of pyridine rings is 1. The molecule has 118 valence electrons. The lowest BCUT2D eigenvalue weighted by atomic mass is 9.96. The molecule has 1 amide bonds. The molecule has 1 atom stereocenters. The Balaban J connectivity index is 2.02. The van der Waals surface area contributed by atoms with Gasteiger partial charge in [0.1, 0.15) is 5.69 Å². The molecule has 0 aliphatic carbocycles. The number of carbonyl (C=O) groups is 1. The Morgan fingerprint density at radius 1 is 1.30 bits per heavy atom. The fourth-order valence-electron chi connectivity index (χ4n) is 2.57. The number of hydrogen-bond acceptors (Lipinski definition) is 4. The summed E-state index contributed by atoms with van der Waals surface area (Å²) in [5.74, 6) is -0.417. The van der Waals surface area contributed by atoms with Gasteiger partial charge in [-0.25, -0.2) is 0 Å². The van der Waals surface area contributed by atoms with Gasteiger partial charge in [-0.3, -0.25) is 9.78 Å². The number of hydrazone groups is 1. The smallest absolute Gasteiger partial charge is 0.295 e. The predicted octanol–water partition coefficient (Wildman–Crippen LogP) is 3.30. The van der Waals surface area contributed by atoms with Crippen LogP contribution in [0.15, 0.2) is 58.2 Å². The molecule has 1 aromatic heterocycles. The Morgan fingerprint density at radius 2 is 2.04 bits per heavy atom. The van der Waals surface area contributed by atoms with Crippen molar-refractivity contribution in [2.45, 2.75) is 25.5 Å². The highest BCUT2D eigenvalue weighted by Crippen LogP contribution is 2.37. The maximum Gasteiger partial charge on any atom is 0.295 e. The highest BCUT2D eigenvalue weighted by molar-refractivity contribution is 9.10. The molecular weight excluding hydrogens is 358 g/mol. The van der Waals surface area contributed by atoms with Crippen LogP contribution in [0.25, 0.3) is 0 Å². The quantitative estimate of drug-likeness (QED) is 0.897. The van der Waals surface area contributed by atoms with Crippen molar-refractivity contribution in [2.24, 2.45) is 5.10 Å². The average molecular weight is 374 g/mol. The van der Waals surface area contributed by atoms with Crippen molar-refractivity contribution in [3.05, 3.63) is 64.4 Å². The Bertz CT molecular complexity index is 746. The molecule has 3 rings (SSSR count). The Hall–Kier alpha value is -2.05. The standard InChI is InChI=1S/C17H16BrN3O2/c1-2-14-11-17(23,12-6-8-13(18)9-7-12)21(20-14)16(22)15-5-3-4-10-19-15/h3-10,23H,2,11H2,1H3/t17-/m1/s1. The topological polar surface area (TPSA) is 65.8 Å². The van der Waals surface area contributed by atoms with Gasteiger partial charge in [-0.15, -0.1) is 0 Å². The lowest BCUT2D eigenvalue weighted by Gasteiger charge is -2.31. The Morgan fingerprint density at radius 3 is 2.65 bits per heavy atom. The van der Waals surface area contributed by atoms with Gasteiger partial charge >= 0.3 is 0 Å². The third kappa shape index (κ3) is 2.92. The number of aliphatic hydroxyl groups is 1. The van der Waals surface area contributed by atoms with E-state index in [1.54, 1.807) is 36.5 Å². The molecule has 5 nitrogen and oxygen atoms in total. The third-order valence-electron chi connectivity index (χ3n) is 3.83. The van der Waals surface area contributed by atoms with Crippen LogP contribution in [0, 0.1) is 0 Å². The van der Waals surface area contributed by atoms with E-state index in [9.17, 15) is 9.90 Å². The van der Waals surface area contributed by atoms with Crippen LogP contribution in [0.1, 0.15) is 35.8 Å². The highest BCUT2D eigenvalue weighted by Gasteiger charge is 2.45. The van der Waals surface area contributed by atoms with Gasteiger partial charge < -0.3 is 5.11 Å². The lowest BCUT2D eigenvalue weighted by molar-refractivity contribution is -0.0768. The summed E-state index contributed by atoms with van der Waals surface area (Å²) >= 11 is 3.38. The number of benzene rings is 1. The summed E-state index contributed by atoms with van der Waals surface area (Å²) in [7, 11) is 0. The van der Waals surface area contributed by atoms with Crippen molar-refractivity contribution >= 4 is 27.5 Å². The van der Waals surface area contributed by atoms with E-state index in [4.69, 9.17) is 0 Å². The van der Waals surface area contributed by atoms with Gasteiger partial charge in [0.05, 0.1) is 0 Å². The molecule has 1 N–H and O–H groups in total. The Kier molecular flexibility index (Phi) is 4.28. The molecule has 0 spiro atoms. The summed E-state index contributed by atoms with van der Waals surface area (Å²) in [6.07, 6.45) is 2.51. The molecule has 1 aliphatic rings. The van der Waals surface area contributed by atoms with Crippen LogP contribution in [0.2, 0.25) is 0 Å². The summed E-state index contributed by atoms with van der Waals surface area (Å²) < 4.78 is 0.905. The van der Waals surface area contributed by atoms with Crippen LogP contribution in [0.3, 0.4) is 0 Å². The largest absolute Gasteiger partial charge is 0.365 e. The first-order chi connectivity index (χ1) is 11.0. The second-order valence-corrected chi connectivity index (χ2v) is 6.27. The maximum absolute atomic E-state index is 12.8. The minimum absolute atomic E-state index is 0.254. The van der Waals surface area contributed by atoms with E-state index in [1.807, 2.05) is 19.1 Å². The molecule has 0 bridgehead atoms. The number of hydrogen-bond donors (Lipinski definition) is 1. The third-order valence-corrected chi connectivity index (χ3v) is 4.36. The van der Waals surface area contributed by atoms with E-state index in [1.165, 1.54) is 0 Å². The molecule has 2 aromatic rings. The van der Waals surface area contributed by atoms with Gasteiger partial charge in [0.25, 0.3) is 5.91 Å². The fraction of sp³-hybridized carbons (Fsp3) is 0.235. The maximum atomic E-state index is 12.8. The van der Waals surface area contributed by atoms with Crippen LogP contribution in [0.4, 0.5) is 0 Å². The normalized spacial score (nSPS) is 20.5. The first-order valence-corrected chi connectivity index (χ1v) is 8.14. The van der Waals surface area contributed by atoms with E-state index in [2.05, 4.69) is 26.0 Å². The molecule has 0 radical (unpaired) electrons. The molecule has 0 fully saturated rings. The minimum atomic E-state index is -1.49. The van der Waals surface area contributed by atoms with Crippen LogP contribution < -0.4 is 0 Å². The number of nitrogens with zero attached hydrogens (tertiary/aromatic N) is 3. The first-order valence-electron chi connectivity index (χ1n) is 7.35. The highest BCUT2D eigenvalue weighted by atomic mass is 79.9. The van der Waals surface area contributed by atoms with Crippen molar-refractivity contribution in [2.75, 3.05) is 0 Å². The summed E-state index contributed by atoms with van der Waals surface area (Å²) in [6, 6.07) is 12.3. The van der Waals surface area contributed by atoms with Crippen molar-refractivity contribution < 1.29 is 9.90 Å². The minimum Gasteiger partial charge on any atom is -0.365 e. The van der Waals surface area contributed by atoms with Gasteiger partial charge in [-0.2, -0.15) is 10.1 Å². The van der Waals surface area contributed by atoms with Crippen LogP contribution in [0.5, 0.6) is 0 Å². The molecule has 0 saturated heterocycles. The van der Waals surface area contributed by atoms with Crippen molar-refractivity contribution in [1.29, 1.82) is 0 Å². The van der Waals surface area contributed by atoms with Crippen molar-refractivity contribution in [3.63, 3.8) is 0 Å². The molecular formula is C17H16BrN3O2. The Labute approximate surface area is 142 Å². The molecule has 0 unspecified atom stereocenters. The summed E-state index contributed by atoms with van der Waals surface area (Å²) in [6.45, 7) is 1.95. The van der Waals surface area contributed by atoms with E-state index >= 15 is 0 Å². The van der Waals surface area contributed by atoms with Gasteiger partial charge in [0, 0.05) is 28.4 Å². The SMILES string of the molecule is CCC1=NN(C(=O)c2ccccn2)[C@](O)(c2ccc(Br)cc2)C1. The summed E-state index contributed by atoms with van der Waals surface area (Å²) in [5, 5.41) is 16.7. The average Bonchev–Trinajstić information content (AvgIpc) is 2.93. The lowest BCUT2D eigenvalue weighted by Crippen LogP contribution is -2.43. The van der Waals surface area contributed by atoms with E-state index in [-0.39, 0.29) is 5.69 Å². The van der Waals surface area contributed by atoms with Gasteiger partial charge in [0.15, 0.2) is 5.72 Å².